The Morgan fingerprint density at radius 2 is 1.57 bits per heavy atom. The van der Waals surface area contributed by atoms with Gasteiger partial charge in [0.2, 0.25) is 0 Å². The van der Waals surface area contributed by atoms with Gasteiger partial charge in [-0.1, -0.05) is 6.42 Å². The lowest BCUT2D eigenvalue weighted by molar-refractivity contribution is -0.929. The second-order valence-electron chi connectivity index (χ2n) is 5.50. The Bertz CT molecular complexity index is 164. The summed E-state index contributed by atoms with van der Waals surface area (Å²) in [6, 6.07) is 0. The summed E-state index contributed by atoms with van der Waals surface area (Å²) in [6.45, 7) is 8.26. The van der Waals surface area contributed by atoms with Gasteiger partial charge in [-0.2, -0.15) is 0 Å². The van der Waals surface area contributed by atoms with E-state index < -0.39 is 0 Å². The predicted octanol–water partition coefficient (Wildman–Crippen LogP) is 3.20. The van der Waals surface area contributed by atoms with Crippen LogP contribution in [-0.4, -0.2) is 30.7 Å². The zero-order valence-corrected chi connectivity index (χ0v) is 9.80. The van der Waals surface area contributed by atoms with E-state index in [2.05, 4.69) is 6.92 Å². The normalized spacial score (nSPS) is 28.1. The van der Waals surface area contributed by atoms with E-state index in [4.69, 9.17) is 0 Å². The molecule has 2 fully saturated rings. The Labute approximate surface area is 89.1 Å². The lowest BCUT2D eigenvalue weighted by atomic mass is 9.84. The highest BCUT2D eigenvalue weighted by atomic mass is 15.3. The maximum atomic E-state index is 2.41. The highest BCUT2D eigenvalue weighted by Gasteiger charge is 2.32. The van der Waals surface area contributed by atoms with Crippen LogP contribution in [-0.2, 0) is 0 Å². The summed E-state index contributed by atoms with van der Waals surface area (Å²) < 4.78 is 1.46. The molecule has 1 saturated carbocycles. The minimum Gasteiger partial charge on any atom is -0.324 e. The first kappa shape index (κ1) is 10.5. The monoisotopic (exact) mass is 196 g/mol. The molecule has 1 saturated heterocycles. The fourth-order valence-electron chi connectivity index (χ4n) is 3.21. The number of hydrogen-bond acceptors (Lipinski definition) is 0. The molecule has 0 amide bonds. The molecule has 0 bridgehead atoms. The van der Waals surface area contributed by atoms with Crippen molar-refractivity contribution in [2.45, 2.75) is 51.9 Å². The van der Waals surface area contributed by atoms with Crippen molar-refractivity contribution in [3.8, 4) is 0 Å². The summed E-state index contributed by atoms with van der Waals surface area (Å²) in [5.74, 6) is 1.09. The van der Waals surface area contributed by atoms with Crippen LogP contribution >= 0.6 is 0 Å². The van der Waals surface area contributed by atoms with Crippen LogP contribution < -0.4 is 0 Å². The average molecular weight is 196 g/mol. The molecule has 2 aliphatic rings. The molecule has 82 valence electrons. The molecule has 0 aromatic heterocycles. The molecule has 0 aromatic rings. The second-order valence-corrected chi connectivity index (χ2v) is 5.50. The van der Waals surface area contributed by atoms with Gasteiger partial charge in [-0.3, -0.25) is 0 Å². The summed E-state index contributed by atoms with van der Waals surface area (Å²) in [5.41, 5.74) is 0. The number of likely N-dealkylation sites (tertiary alicyclic amines) is 1. The third-order valence-corrected chi connectivity index (χ3v) is 4.56. The van der Waals surface area contributed by atoms with Crippen LogP contribution in [0, 0.1) is 5.92 Å². The Hall–Kier alpha value is -0.0400. The van der Waals surface area contributed by atoms with Crippen LogP contribution in [0.2, 0.25) is 0 Å². The molecule has 0 aromatic carbocycles. The molecule has 0 N–H and O–H groups in total. The van der Waals surface area contributed by atoms with Gasteiger partial charge in [0.05, 0.1) is 26.2 Å². The first-order chi connectivity index (χ1) is 6.85. The first-order valence-electron chi connectivity index (χ1n) is 6.70. The Morgan fingerprint density at radius 3 is 2.00 bits per heavy atom. The molecular formula is C13H26N+. The van der Waals surface area contributed by atoms with Gasteiger partial charge < -0.3 is 4.48 Å². The molecular weight excluding hydrogens is 170 g/mol. The van der Waals surface area contributed by atoms with Gasteiger partial charge in [0.1, 0.15) is 0 Å². The lowest BCUT2D eigenvalue weighted by Gasteiger charge is -2.42. The lowest BCUT2D eigenvalue weighted by Crippen LogP contribution is -2.52. The van der Waals surface area contributed by atoms with E-state index in [0.29, 0.717) is 0 Å². The van der Waals surface area contributed by atoms with Crippen molar-refractivity contribution in [2.24, 2.45) is 5.92 Å². The molecule has 0 atom stereocenters. The molecule has 1 aliphatic heterocycles. The molecule has 1 heterocycles. The van der Waals surface area contributed by atoms with Crippen molar-refractivity contribution in [2.75, 3.05) is 26.2 Å². The van der Waals surface area contributed by atoms with Gasteiger partial charge >= 0.3 is 0 Å². The van der Waals surface area contributed by atoms with E-state index in [1.807, 2.05) is 0 Å². The number of nitrogens with zero attached hydrogens (tertiary/aromatic N) is 1. The Balaban J connectivity index is 1.90. The van der Waals surface area contributed by atoms with Gasteiger partial charge in [-0.15, -0.1) is 0 Å². The van der Waals surface area contributed by atoms with Crippen LogP contribution in [0.3, 0.4) is 0 Å². The molecule has 1 heteroatoms. The molecule has 1 nitrogen and oxygen atoms in total. The summed E-state index contributed by atoms with van der Waals surface area (Å²) in [4.78, 5) is 0. The summed E-state index contributed by atoms with van der Waals surface area (Å²) in [7, 11) is 0. The van der Waals surface area contributed by atoms with Gasteiger partial charge in [-0.25, -0.2) is 0 Å². The van der Waals surface area contributed by atoms with Gasteiger partial charge in [0.25, 0.3) is 0 Å². The summed E-state index contributed by atoms with van der Waals surface area (Å²) in [6.07, 6.45) is 10.5. The topological polar surface area (TPSA) is 0 Å². The average Bonchev–Trinajstić information content (AvgIpc) is 2.38. The van der Waals surface area contributed by atoms with E-state index in [0.717, 1.165) is 5.92 Å². The van der Waals surface area contributed by atoms with Crippen LogP contribution in [0.25, 0.3) is 0 Å². The van der Waals surface area contributed by atoms with Crippen LogP contribution in [0.4, 0.5) is 0 Å². The molecule has 2 rings (SSSR count). The molecule has 0 unspecified atom stereocenters. The first-order valence-corrected chi connectivity index (χ1v) is 6.70. The summed E-state index contributed by atoms with van der Waals surface area (Å²) >= 11 is 0. The predicted molar refractivity (Wildman–Crippen MR) is 61.2 cm³/mol. The highest BCUT2D eigenvalue weighted by Crippen LogP contribution is 2.31. The second kappa shape index (κ2) is 4.65. The standard InChI is InChI=1S/C13H26N/c1-2-14(12-13-8-7-9-13)10-5-3-4-6-11-14/h13H,2-12H2,1H3/q+1. The van der Waals surface area contributed by atoms with Crippen LogP contribution in [0.5, 0.6) is 0 Å². The van der Waals surface area contributed by atoms with Crippen molar-refractivity contribution in [1.29, 1.82) is 0 Å². The van der Waals surface area contributed by atoms with Crippen LogP contribution in [0.15, 0.2) is 0 Å². The van der Waals surface area contributed by atoms with E-state index in [-0.39, 0.29) is 0 Å². The fourth-order valence-corrected chi connectivity index (χ4v) is 3.21. The minimum absolute atomic E-state index is 1.09. The minimum atomic E-state index is 1.09. The van der Waals surface area contributed by atoms with Gasteiger partial charge in [0.15, 0.2) is 0 Å². The van der Waals surface area contributed by atoms with E-state index in [1.165, 1.54) is 75.6 Å². The molecule has 14 heavy (non-hydrogen) atoms. The SMILES string of the molecule is CC[N+]1(CC2CCC2)CCCCCC1. The van der Waals surface area contributed by atoms with Crippen molar-refractivity contribution >= 4 is 0 Å². The zero-order valence-electron chi connectivity index (χ0n) is 9.80. The third kappa shape index (κ3) is 2.31. The van der Waals surface area contributed by atoms with Crippen molar-refractivity contribution in [3.63, 3.8) is 0 Å². The highest BCUT2D eigenvalue weighted by molar-refractivity contribution is 4.70. The number of hydrogen-bond donors (Lipinski definition) is 0. The van der Waals surface area contributed by atoms with E-state index in [9.17, 15) is 0 Å². The molecule has 0 radical (unpaired) electrons. The molecule has 0 spiro atoms. The van der Waals surface area contributed by atoms with Crippen molar-refractivity contribution < 1.29 is 4.48 Å². The smallest absolute Gasteiger partial charge is 0.0815 e. The zero-order chi connectivity index (χ0) is 9.86. The molecule has 1 aliphatic carbocycles. The fraction of sp³-hybridized carbons (Fsp3) is 1.00. The van der Waals surface area contributed by atoms with Crippen molar-refractivity contribution in [3.05, 3.63) is 0 Å². The van der Waals surface area contributed by atoms with E-state index in [1.54, 1.807) is 0 Å². The largest absolute Gasteiger partial charge is 0.324 e. The van der Waals surface area contributed by atoms with Crippen molar-refractivity contribution in [1.82, 2.24) is 0 Å². The summed E-state index contributed by atoms with van der Waals surface area (Å²) in [5, 5.41) is 0. The Kier molecular flexibility index (Phi) is 3.48. The maximum absolute atomic E-state index is 2.41. The van der Waals surface area contributed by atoms with E-state index >= 15 is 0 Å². The Morgan fingerprint density at radius 1 is 0.929 bits per heavy atom. The number of quaternary nitrogens is 1. The van der Waals surface area contributed by atoms with Gasteiger partial charge in [-0.05, 0) is 45.4 Å². The number of rotatable bonds is 3. The maximum Gasteiger partial charge on any atom is 0.0815 e. The van der Waals surface area contributed by atoms with Gasteiger partial charge in [0, 0.05) is 5.92 Å². The third-order valence-electron chi connectivity index (χ3n) is 4.56. The quantitative estimate of drug-likeness (QED) is 0.608. The van der Waals surface area contributed by atoms with Crippen LogP contribution in [0.1, 0.15) is 51.9 Å².